The van der Waals surface area contributed by atoms with Gasteiger partial charge in [0.2, 0.25) is 5.91 Å². The molecular formula is C14H19NO4. The van der Waals surface area contributed by atoms with E-state index in [4.69, 9.17) is 4.42 Å². The van der Waals surface area contributed by atoms with Crippen LogP contribution in [0.1, 0.15) is 18.4 Å². The number of amides is 1. The van der Waals surface area contributed by atoms with Crippen LogP contribution in [-0.2, 0) is 14.3 Å². The molecule has 1 aromatic heterocycles. The number of carbonyl (C=O) groups excluding carboxylic acids is 2. The van der Waals surface area contributed by atoms with Crippen LogP contribution in [0, 0.1) is 12.8 Å². The fourth-order valence-electron chi connectivity index (χ4n) is 1.60. The van der Waals surface area contributed by atoms with E-state index in [0.29, 0.717) is 12.3 Å². The molecule has 19 heavy (non-hydrogen) atoms. The van der Waals surface area contributed by atoms with E-state index in [1.54, 1.807) is 26.1 Å². The summed E-state index contributed by atoms with van der Waals surface area (Å²) < 4.78 is 9.93. The Morgan fingerprint density at radius 1 is 1.47 bits per heavy atom. The molecule has 1 heterocycles. The molecule has 1 amide bonds. The lowest BCUT2D eigenvalue weighted by molar-refractivity contribution is -0.145. The molecule has 1 aromatic rings. The summed E-state index contributed by atoms with van der Waals surface area (Å²) in [6.45, 7) is 3.87. The molecule has 0 spiro atoms. The van der Waals surface area contributed by atoms with Crippen LogP contribution in [0.3, 0.4) is 0 Å². The second kappa shape index (κ2) is 6.78. The summed E-state index contributed by atoms with van der Waals surface area (Å²) in [7, 11) is 2.97. The molecule has 0 bridgehead atoms. The zero-order chi connectivity index (χ0) is 14.4. The highest BCUT2D eigenvalue weighted by molar-refractivity contribution is 5.91. The number of likely N-dealkylation sites (N-methyl/N-ethyl adjacent to an activating group) is 1. The van der Waals surface area contributed by atoms with Gasteiger partial charge in [0.1, 0.15) is 11.5 Å². The minimum Gasteiger partial charge on any atom is -0.469 e. The van der Waals surface area contributed by atoms with Gasteiger partial charge in [-0.05, 0) is 25.1 Å². The first-order valence-electron chi connectivity index (χ1n) is 6.01. The lowest BCUT2D eigenvalue weighted by Gasteiger charge is -2.18. The predicted molar refractivity (Wildman–Crippen MR) is 71.3 cm³/mol. The van der Waals surface area contributed by atoms with Crippen LogP contribution in [-0.4, -0.2) is 37.5 Å². The number of nitrogens with zero attached hydrogens (tertiary/aromatic N) is 1. The van der Waals surface area contributed by atoms with Crippen molar-refractivity contribution in [1.82, 2.24) is 4.90 Å². The highest BCUT2D eigenvalue weighted by Gasteiger charge is 2.17. The fraction of sp³-hybridized carbons (Fsp3) is 0.429. The van der Waals surface area contributed by atoms with Gasteiger partial charge in [-0.2, -0.15) is 0 Å². The predicted octanol–water partition coefficient (Wildman–Crippen LogP) is 1.87. The van der Waals surface area contributed by atoms with Gasteiger partial charge in [0.25, 0.3) is 0 Å². The standard InChI is InChI=1S/C14H19NO4/c1-10(14(17)18-4)9-15(3)13(16)8-7-12-6-5-11(2)19-12/h5-8,10H,9H2,1-4H3. The van der Waals surface area contributed by atoms with E-state index in [1.165, 1.54) is 18.1 Å². The Kier molecular flexibility index (Phi) is 5.36. The molecule has 0 N–H and O–H groups in total. The second-order valence-electron chi connectivity index (χ2n) is 4.42. The highest BCUT2D eigenvalue weighted by atomic mass is 16.5. The third kappa shape index (κ3) is 4.62. The van der Waals surface area contributed by atoms with Crippen molar-refractivity contribution in [3.63, 3.8) is 0 Å². The Morgan fingerprint density at radius 3 is 2.68 bits per heavy atom. The van der Waals surface area contributed by atoms with Crippen molar-refractivity contribution < 1.29 is 18.7 Å². The Labute approximate surface area is 112 Å². The SMILES string of the molecule is COC(=O)C(C)CN(C)C(=O)C=Cc1ccc(C)o1. The van der Waals surface area contributed by atoms with Crippen molar-refractivity contribution in [3.8, 4) is 0 Å². The Morgan fingerprint density at radius 2 is 2.16 bits per heavy atom. The molecule has 1 rings (SSSR count). The van der Waals surface area contributed by atoms with E-state index >= 15 is 0 Å². The van der Waals surface area contributed by atoms with Gasteiger partial charge in [0.15, 0.2) is 0 Å². The smallest absolute Gasteiger partial charge is 0.310 e. The number of aryl methyl sites for hydroxylation is 1. The molecule has 1 atom stereocenters. The van der Waals surface area contributed by atoms with E-state index in [9.17, 15) is 9.59 Å². The molecule has 0 aromatic carbocycles. The molecule has 0 saturated heterocycles. The van der Waals surface area contributed by atoms with Crippen molar-refractivity contribution in [3.05, 3.63) is 29.7 Å². The number of furan rings is 1. The van der Waals surface area contributed by atoms with Gasteiger partial charge < -0.3 is 14.1 Å². The van der Waals surface area contributed by atoms with Crippen LogP contribution in [0.15, 0.2) is 22.6 Å². The minimum absolute atomic E-state index is 0.190. The summed E-state index contributed by atoms with van der Waals surface area (Å²) in [4.78, 5) is 24.5. The molecular weight excluding hydrogens is 246 g/mol. The minimum atomic E-state index is -0.349. The van der Waals surface area contributed by atoms with Crippen molar-refractivity contribution in [2.75, 3.05) is 20.7 Å². The third-order valence-corrected chi connectivity index (χ3v) is 2.68. The first-order chi connectivity index (χ1) is 8.93. The summed E-state index contributed by atoms with van der Waals surface area (Å²) >= 11 is 0. The molecule has 5 heteroatoms. The average molecular weight is 265 g/mol. The zero-order valence-electron chi connectivity index (χ0n) is 11.7. The van der Waals surface area contributed by atoms with Gasteiger partial charge in [-0.1, -0.05) is 6.92 Å². The maximum atomic E-state index is 11.8. The number of ether oxygens (including phenoxy) is 1. The first kappa shape index (κ1) is 15.0. The Hall–Kier alpha value is -2.04. The number of methoxy groups -OCH3 is 1. The Balaban J connectivity index is 2.53. The quantitative estimate of drug-likeness (QED) is 0.602. The molecule has 0 fully saturated rings. The van der Waals surface area contributed by atoms with Crippen LogP contribution in [0.25, 0.3) is 6.08 Å². The second-order valence-corrected chi connectivity index (χ2v) is 4.42. The Bertz CT molecular complexity index is 476. The summed E-state index contributed by atoms with van der Waals surface area (Å²) in [5.74, 6) is 0.549. The van der Waals surface area contributed by atoms with E-state index in [1.807, 2.05) is 13.0 Å². The number of hydrogen-bond donors (Lipinski definition) is 0. The molecule has 5 nitrogen and oxygen atoms in total. The number of hydrogen-bond acceptors (Lipinski definition) is 4. The van der Waals surface area contributed by atoms with Crippen LogP contribution in [0.4, 0.5) is 0 Å². The van der Waals surface area contributed by atoms with E-state index < -0.39 is 0 Å². The first-order valence-corrected chi connectivity index (χ1v) is 6.01. The van der Waals surface area contributed by atoms with Crippen molar-refractivity contribution in [1.29, 1.82) is 0 Å². The number of rotatable bonds is 5. The van der Waals surface area contributed by atoms with E-state index in [-0.39, 0.29) is 17.8 Å². The van der Waals surface area contributed by atoms with Gasteiger partial charge in [0.05, 0.1) is 13.0 Å². The number of esters is 1. The van der Waals surface area contributed by atoms with Crippen molar-refractivity contribution in [2.24, 2.45) is 5.92 Å². The molecule has 0 radical (unpaired) electrons. The van der Waals surface area contributed by atoms with Crippen LogP contribution in [0.2, 0.25) is 0 Å². The summed E-state index contributed by atoms with van der Waals surface area (Å²) in [6, 6.07) is 3.61. The summed E-state index contributed by atoms with van der Waals surface area (Å²) in [5.41, 5.74) is 0. The van der Waals surface area contributed by atoms with Crippen molar-refractivity contribution in [2.45, 2.75) is 13.8 Å². The molecule has 0 aliphatic rings. The third-order valence-electron chi connectivity index (χ3n) is 2.68. The number of carbonyl (C=O) groups is 2. The maximum Gasteiger partial charge on any atom is 0.310 e. The summed E-state index contributed by atoms with van der Waals surface area (Å²) in [5, 5.41) is 0. The lowest BCUT2D eigenvalue weighted by atomic mass is 10.2. The molecule has 0 saturated carbocycles. The molecule has 1 unspecified atom stereocenters. The van der Waals surface area contributed by atoms with Gasteiger partial charge in [-0.3, -0.25) is 9.59 Å². The van der Waals surface area contributed by atoms with E-state index in [0.717, 1.165) is 5.76 Å². The monoisotopic (exact) mass is 265 g/mol. The van der Waals surface area contributed by atoms with Gasteiger partial charge in [0, 0.05) is 19.7 Å². The lowest BCUT2D eigenvalue weighted by Crippen LogP contribution is -2.33. The van der Waals surface area contributed by atoms with Gasteiger partial charge in [-0.25, -0.2) is 0 Å². The van der Waals surface area contributed by atoms with Crippen molar-refractivity contribution >= 4 is 18.0 Å². The molecule has 104 valence electrons. The normalized spacial score (nSPS) is 12.4. The zero-order valence-corrected chi connectivity index (χ0v) is 11.7. The highest BCUT2D eigenvalue weighted by Crippen LogP contribution is 2.08. The van der Waals surface area contributed by atoms with E-state index in [2.05, 4.69) is 4.74 Å². The fourth-order valence-corrected chi connectivity index (χ4v) is 1.60. The maximum absolute atomic E-state index is 11.8. The topological polar surface area (TPSA) is 59.8 Å². The van der Waals surface area contributed by atoms with Crippen LogP contribution >= 0.6 is 0 Å². The van der Waals surface area contributed by atoms with Crippen LogP contribution < -0.4 is 0 Å². The van der Waals surface area contributed by atoms with Gasteiger partial charge >= 0.3 is 5.97 Å². The molecule has 0 aliphatic heterocycles. The average Bonchev–Trinajstić information content (AvgIpc) is 2.80. The van der Waals surface area contributed by atoms with Crippen LogP contribution in [0.5, 0.6) is 0 Å². The molecule has 0 aliphatic carbocycles. The van der Waals surface area contributed by atoms with Gasteiger partial charge in [-0.15, -0.1) is 0 Å². The largest absolute Gasteiger partial charge is 0.469 e. The summed E-state index contributed by atoms with van der Waals surface area (Å²) in [6.07, 6.45) is 3.02.